The summed E-state index contributed by atoms with van der Waals surface area (Å²) in [5.41, 5.74) is -0.115. The quantitative estimate of drug-likeness (QED) is 0.483. The Kier molecular flexibility index (Phi) is 6.36. The molecule has 0 aromatic rings. The van der Waals surface area contributed by atoms with Crippen LogP contribution in [0.5, 0.6) is 0 Å². The third-order valence-electron chi connectivity index (χ3n) is 2.00. The van der Waals surface area contributed by atoms with Crippen LogP contribution in [0.2, 0.25) is 0 Å². The van der Waals surface area contributed by atoms with Crippen LogP contribution >= 0.6 is 0 Å². The molecule has 4 nitrogen and oxygen atoms in total. The summed E-state index contributed by atoms with van der Waals surface area (Å²) in [6, 6.07) is 0. The molecule has 0 bridgehead atoms. The number of hydrogen-bond donors (Lipinski definition) is 2. The average Bonchev–Trinajstić information content (AvgIpc) is 2.29. The highest BCUT2D eigenvalue weighted by Gasteiger charge is 2.18. The third-order valence-corrected chi connectivity index (χ3v) is 2.00. The van der Waals surface area contributed by atoms with Crippen molar-refractivity contribution in [2.45, 2.75) is 52.2 Å². The van der Waals surface area contributed by atoms with Crippen molar-refractivity contribution in [3.63, 3.8) is 0 Å². The molecule has 1 heterocycles. The maximum absolute atomic E-state index is 7.90. The van der Waals surface area contributed by atoms with E-state index in [0.29, 0.717) is 0 Å². The van der Waals surface area contributed by atoms with Gasteiger partial charge in [0.2, 0.25) is 0 Å². The Balaban J connectivity index is 0.000000288. The molecule has 1 aliphatic heterocycles. The van der Waals surface area contributed by atoms with Gasteiger partial charge >= 0.3 is 0 Å². The predicted octanol–water partition coefficient (Wildman–Crippen LogP) is 2.05. The molecular formula is C11H25NO3. The van der Waals surface area contributed by atoms with Crippen molar-refractivity contribution in [1.82, 2.24) is 5.32 Å². The summed E-state index contributed by atoms with van der Waals surface area (Å²) in [6.45, 7) is 12.5. The normalized spacial score (nSPS) is 21.2. The Morgan fingerprint density at radius 3 is 2.27 bits per heavy atom. The van der Waals surface area contributed by atoms with E-state index >= 15 is 0 Å². The lowest BCUT2D eigenvalue weighted by atomic mass is 10.0. The third kappa shape index (κ3) is 10.1. The number of nitrogens with one attached hydrogen (secondary N) is 1. The molecule has 1 saturated heterocycles. The Morgan fingerprint density at radius 1 is 1.27 bits per heavy atom. The van der Waals surface area contributed by atoms with E-state index in [1.54, 1.807) is 20.8 Å². The smallest absolute Gasteiger partial charge is 0.0949 e. The standard InChI is InChI=1S/C7H15NO.C4H10O2/c1-7(2)3-5-9-6-4-8-7;1-4(2,3)6-5/h8H,3-6H2,1-2H3;5H,1-3H3. The van der Waals surface area contributed by atoms with Gasteiger partial charge in [0.25, 0.3) is 0 Å². The molecule has 1 aliphatic rings. The average molecular weight is 219 g/mol. The van der Waals surface area contributed by atoms with Crippen LogP contribution in [0.25, 0.3) is 0 Å². The zero-order valence-corrected chi connectivity index (χ0v) is 10.6. The summed E-state index contributed by atoms with van der Waals surface area (Å²) < 4.78 is 5.27. The van der Waals surface area contributed by atoms with Crippen molar-refractivity contribution in [2.24, 2.45) is 0 Å². The highest BCUT2D eigenvalue weighted by Crippen LogP contribution is 2.09. The van der Waals surface area contributed by atoms with Crippen LogP contribution in [0.3, 0.4) is 0 Å². The van der Waals surface area contributed by atoms with E-state index < -0.39 is 5.60 Å². The molecule has 0 aromatic carbocycles. The Labute approximate surface area is 92.9 Å². The van der Waals surface area contributed by atoms with Crippen LogP contribution < -0.4 is 5.32 Å². The molecule has 0 amide bonds. The summed E-state index contributed by atoms with van der Waals surface area (Å²) in [5, 5.41) is 11.3. The molecule has 92 valence electrons. The van der Waals surface area contributed by atoms with Gasteiger partial charge in [-0.3, -0.25) is 5.26 Å². The van der Waals surface area contributed by atoms with Gasteiger partial charge < -0.3 is 10.1 Å². The zero-order valence-electron chi connectivity index (χ0n) is 10.6. The number of rotatable bonds is 0. The Hall–Kier alpha value is -0.160. The van der Waals surface area contributed by atoms with Crippen molar-refractivity contribution in [2.75, 3.05) is 19.8 Å². The summed E-state index contributed by atoms with van der Waals surface area (Å²) in [4.78, 5) is 3.94. The van der Waals surface area contributed by atoms with Gasteiger partial charge in [-0.2, -0.15) is 0 Å². The first kappa shape index (κ1) is 14.8. The Morgan fingerprint density at radius 2 is 1.80 bits per heavy atom. The first-order chi connectivity index (χ1) is 6.77. The first-order valence-electron chi connectivity index (χ1n) is 5.42. The minimum Gasteiger partial charge on any atom is -0.380 e. The van der Waals surface area contributed by atoms with E-state index in [1.807, 2.05) is 0 Å². The molecule has 0 aromatic heterocycles. The van der Waals surface area contributed by atoms with E-state index in [9.17, 15) is 0 Å². The van der Waals surface area contributed by atoms with Gasteiger partial charge in [0.15, 0.2) is 0 Å². The topological polar surface area (TPSA) is 50.7 Å². The molecule has 2 N–H and O–H groups in total. The van der Waals surface area contributed by atoms with Crippen molar-refractivity contribution < 1.29 is 14.9 Å². The summed E-state index contributed by atoms with van der Waals surface area (Å²) in [6.07, 6.45) is 1.12. The van der Waals surface area contributed by atoms with Gasteiger partial charge in [-0.05, 0) is 41.0 Å². The van der Waals surface area contributed by atoms with Crippen LogP contribution in [0.15, 0.2) is 0 Å². The van der Waals surface area contributed by atoms with Gasteiger partial charge in [-0.15, -0.1) is 0 Å². The Bertz CT molecular complexity index is 154. The minimum absolute atomic E-state index is 0.288. The summed E-state index contributed by atoms with van der Waals surface area (Å²) in [5.74, 6) is 0. The van der Waals surface area contributed by atoms with Crippen LogP contribution in [0.4, 0.5) is 0 Å². The SMILES string of the molecule is CC(C)(C)OO.CC1(C)CCOCCN1. The molecule has 0 saturated carbocycles. The summed E-state index contributed by atoms with van der Waals surface area (Å²) >= 11 is 0. The maximum Gasteiger partial charge on any atom is 0.0949 e. The molecular weight excluding hydrogens is 194 g/mol. The minimum atomic E-state index is -0.403. The molecule has 0 radical (unpaired) electrons. The van der Waals surface area contributed by atoms with Crippen LogP contribution in [-0.4, -0.2) is 36.2 Å². The number of hydrogen-bond acceptors (Lipinski definition) is 4. The highest BCUT2D eigenvalue weighted by molar-refractivity contribution is 4.78. The second-order valence-corrected chi connectivity index (χ2v) is 5.38. The van der Waals surface area contributed by atoms with E-state index in [-0.39, 0.29) is 5.54 Å². The molecule has 0 unspecified atom stereocenters. The van der Waals surface area contributed by atoms with E-state index in [4.69, 9.17) is 9.99 Å². The van der Waals surface area contributed by atoms with E-state index in [2.05, 4.69) is 24.1 Å². The molecule has 1 fully saturated rings. The fourth-order valence-corrected chi connectivity index (χ4v) is 0.979. The molecule has 4 heteroatoms. The maximum atomic E-state index is 7.90. The molecule has 0 aliphatic carbocycles. The lowest BCUT2D eigenvalue weighted by Crippen LogP contribution is -2.39. The first-order valence-corrected chi connectivity index (χ1v) is 5.42. The van der Waals surface area contributed by atoms with Crippen molar-refractivity contribution in [1.29, 1.82) is 0 Å². The monoisotopic (exact) mass is 219 g/mol. The lowest BCUT2D eigenvalue weighted by Gasteiger charge is -2.22. The fraction of sp³-hybridized carbons (Fsp3) is 1.00. The highest BCUT2D eigenvalue weighted by atomic mass is 17.1. The van der Waals surface area contributed by atoms with E-state index in [1.165, 1.54) is 0 Å². The largest absolute Gasteiger partial charge is 0.380 e. The van der Waals surface area contributed by atoms with Crippen LogP contribution in [0, 0.1) is 0 Å². The fourth-order valence-electron chi connectivity index (χ4n) is 0.979. The zero-order chi connectivity index (χ0) is 11.9. The van der Waals surface area contributed by atoms with Crippen LogP contribution in [0.1, 0.15) is 41.0 Å². The van der Waals surface area contributed by atoms with Crippen LogP contribution in [-0.2, 0) is 9.62 Å². The van der Waals surface area contributed by atoms with Gasteiger partial charge in [-0.25, -0.2) is 4.89 Å². The molecule has 15 heavy (non-hydrogen) atoms. The summed E-state index contributed by atoms with van der Waals surface area (Å²) in [7, 11) is 0. The molecule has 0 spiro atoms. The second-order valence-electron chi connectivity index (χ2n) is 5.38. The van der Waals surface area contributed by atoms with Gasteiger partial charge in [0.1, 0.15) is 0 Å². The van der Waals surface area contributed by atoms with Crippen molar-refractivity contribution >= 4 is 0 Å². The number of ether oxygens (including phenoxy) is 1. The molecule has 0 atom stereocenters. The van der Waals surface area contributed by atoms with Crippen molar-refractivity contribution in [3.05, 3.63) is 0 Å². The predicted molar refractivity (Wildman–Crippen MR) is 61.0 cm³/mol. The van der Waals surface area contributed by atoms with Crippen molar-refractivity contribution in [3.8, 4) is 0 Å². The van der Waals surface area contributed by atoms with Gasteiger partial charge in [0, 0.05) is 18.7 Å². The van der Waals surface area contributed by atoms with Gasteiger partial charge in [0.05, 0.1) is 12.2 Å². The molecule has 1 rings (SSSR count). The second kappa shape index (κ2) is 6.43. The van der Waals surface area contributed by atoms with Gasteiger partial charge in [-0.1, -0.05) is 0 Å². The van der Waals surface area contributed by atoms with E-state index in [0.717, 1.165) is 26.2 Å². The lowest BCUT2D eigenvalue weighted by molar-refractivity contribution is -0.306.